The Balaban J connectivity index is 2.44. The van der Waals surface area contributed by atoms with E-state index in [1.165, 1.54) is 0 Å². The predicted octanol–water partition coefficient (Wildman–Crippen LogP) is -0.486. The third kappa shape index (κ3) is 0.939. The molecule has 1 fully saturated rings. The zero-order chi connectivity index (χ0) is 5.98. The van der Waals surface area contributed by atoms with E-state index in [0.717, 1.165) is 0 Å². The van der Waals surface area contributed by atoms with Gasteiger partial charge in [-0.2, -0.15) is 0 Å². The minimum atomic E-state index is -0.325. The smallest absolute Gasteiger partial charge is 0.382 e. The van der Waals surface area contributed by atoms with Crippen LogP contribution in [-0.2, 0) is 9.47 Å². The van der Waals surface area contributed by atoms with E-state index in [4.69, 9.17) is 17.3 Å². The van der Waals surface area contributed by atoms with Gasteiger partial charge in [-0.3, -0.25) is 0 Å². The normalized spacial score (nSPS) is 32.1. The Kier molecular flexibility index (Phi) is 1.42. The van der Waals surface area contributed by atoms with Crippen LogP contribution in [0.5, 0.6) is 0 Å². The van der Waals surface area contributed by atoms with E-state index in [2.05, 4.69) is 4.99 Å². The molecule has 1 saturated heterocycles. The number of hydrogen-bond acceptors (Lipinski definition) is 3. The molecule has 4 heteroatoms. The summed E-state index contributed by atoms with van der Waals surface area (Å²) in [6.07, 6.45) is 0.289. The second-order valence-electron chi connectivity index (χ2n) is 1.46. The summed E-state index contributed by atoms with van der Waals surface area (Å²) < 4.78 is 9.63. The molecular formula is C4H6BNO2. The van der Waals surface area contributed by atoms with Gasteiger partial charge in [0.25, 0.3) is 0 Å². The van der Waals surface area contributed by atoms with Gasteiger partial charge in [-0.25, -0.2) is 4.99 Å². The van der Waals surface area contributed by atoms with Gasteiger partial charge in [0.1, 0.15) is 14.5 Å². The zero-order valence-electron chi connectivity index (χ0n) is 4.63. The van der Waals surface area contributed by atoms with Gasteiger partial charge in [0.2, 0.25) is 0 Å². The summed E-state index contributed by atoms with van der Waals surface area (Å²) in [6.45, 7) is 0.409. The molecule has 0 amide bonds. The molecule has 0 aliphatic carbocycles. The molecule has 1 aliphatic rings. The Morgan fingerprint density at radius 3 is 2.88 bits per heavy atom. The van der Waals surface area contributed by atoms with Crippen LogP contribution in [-0.4, -0.2) is 33.6 Å². The fourth-order valence-corrected chi connectivity index (χ4v) is 0.468. The van der Waals surface area contributed by atoms with Crippen LogP contribution < -0.4 is 0 Å². The first-order chi connectivity index (χ1) is 3.83. The molecule has 1 unspecified atom stereocenters. The first-order valence-electron chi connectivity index (χ1n) is 2.35. The number of rotatable bonds is 0. The van der Waals surface area contributed by atoms with Crippen LogP contribution in [0, 0.1) is 0 Å². The summed E-state index contributed by atoms with van der Waals surface area (Å²) in [5.74, 6) is 0. The van der Waals surface area contributed by atoms with Gasteiger partial charge >= 0.3 is 6.08 Å². The van der Waals surface area contributed by atoms with Crippen molar-refractivity contribution in [2.45, 2.75) is 6.00 Å². The summed E-state index contributed by atoms with van der Waals surface area (Å²) in [7, 11) is 6.86. The van der Waals surface area contributed by atoms with Crippen molar-refractivity contribution in [2.24, 2.45) is 4.99 Å². The molecule has 2 radical (unpaired) electrons. The van der Waals surface area contributed by atoms with Crippen LogP contribution in [0.25, 0.3) is 0 Å². The van der Waals surface area contributed by atoms with E-state index in [0.29, 0.717) is 6.61 Å². The quantitative estimate of drug-likeness (QED) is 0.395. The summed E-state index contributed by atoms with van der Waals surface area (Å²) in [6, 6.07) is -0.325. The molecule has 1 atom stereocenters. The third-order valence-corrected chi connectivity index (χ3v) is 0.806. The molecule has 1 heterocycles. The largest absolute Gasteiger partial charge is 0.454 e. The van der Waals surface area contributed by atoms with Gasteiger partial charge in [0.15, 0.2) is 0 Å². The molecule has 3 nitrogen and oxygen atoms in total. The lowest BCUT2D eigenvalue weighted by molar-refractivity contribution is 0.311. The Hall–Kier alpha value is -0.665. The summed E-state index contributed by atoms with van der Waals surface area (Å²) in [4.78, 5) is 3.63. The van der Waals surface area contributed by atoms with E-state index in [1.54, 1.807) is 7.05 Å². The van der Waals surface area contributed by atoms with E-state index < -0.39 is 0 Å². The van der Waals surface area contributed by atoms with Crippen molar-refractivity contribution in [3.8, 4) is 0 Å². The average Bonchev–Trinajstić information content (AvgIpc) is 2.14. The van der Waals surface area contributed by atoms with Crippen LogP contribution in [0.15, 0.2) is 4.99 Å². The molecule has 0 N–H and O–H groups in total. The SMILES string of the molecule is [B]C1COC(=NC)O1. The topological polar surface area (TPSA) is 30.8 Å². The van der Waals surface area contributed by atoms with Crippen LogP contribution in [0.3, 0.4) is 0 Å². The molecule has 0 saturated carbocycles. The van der Waals surface area contributed by atoms with Gasteiger partial charge in [-0.1, -0.05) is 0 Å². The molecule has 0 aromatic rings. The lowest BCUT2D eigenvalue weighted by atomic mass is 10.0. The number of ether oxygens (including phenoxy) is 2. The summed E-state index contributed by atoms with van der Waals surface area (Å²) >= 11 is 0. The van der Waals surface area contributed by atoms with E-state index in [9.17, 15) is 0 Å². The maximum atomic E-state index is 5.27. The van der Waals surface area contributed by atoms with Crippen LogP contribution in [0.1, 0.15) is 0 Å². The summed E-state index contributed by atoms with van der Waals surface area (Å²) in [5, 5.41) is 0. The van der Waals surface area contributed by atoms with Crippen molar-refractivity contribution in [2.75, 3.05) is 13.7 Å². The fraction of sp³-hybridized carbons (Fsp3) is 0.750. The number of nitrogens with zero attached hydrogens (tertiary/aromatic N) is 1. The minimum Gasteiger partial charge on any atom is -0.454 e. The zero-order valence-corrected chi connectivity index (χ0v) is 4.63. The second-order valence-corrected chi connectivity index (χ2v) is 1.46. The molecule has 1 aliphatic heterocycles. The Morgan fingerprint density at radius 1 is 1.88 bits per heavy atom. The van der Waals surface area contributed by atoms with Crippen molar-refractivity contribution in [1.29, 1.82) is 0 Å². The highest BCUT2D eigenvalue weighted by Crippen LogP contribution is 2.00. The average molecular weight is 111 g/mol. The molecule has 0 bridgehead atoms. The second kappa shape index (κ2) is 2.07. The van der Waals surface area contributed by atoms with E-state index >= 15 is 0 Å². The third-order valence-electron chi connectivity index (χ3n) is 0.806. The van der Waals surface area contributed by atoms with Gasteiger partial charge in [-0.05, 0) is 0 Å². The fourth-order valence-electron chi connectivity index (χ4n) is 0.468. The minimum absolute atomic E-state index is 0.289. The maximum absolute atomic E-state index is 5.27. The Labute approximate surface area is 49.1 Å². The molecule has 1 rings (SSSR count). The highest BCUT2D eigenvalue weighted by Gasteiger charge is 2.16. The highest BCUT2D eigenvalue weighted by molar-refractivity contribution is 6.12. The standard InChI is InChI=1S/C4H6BNO2/c1-6-4-7-2-3(5)8-4/h3H,2H2,1H3. The Bertz CT molecular complexity index is 115. The van der Waals surface area contributed by atoms with Crippen LogP contribution in [0.4, 0.5) is 0 Å². The molecule has 8 heavy (non-hydrogen) atoms. The number of hydrogen-bond donors (Lipinski definition) is 0. The molecule has 0 aromatic carbocycles. The lowest BCUT2D eigenvalue weighted by Crippen LogP contribution is -2.08. The molecule has 0 aromatic heterocycles. The van der Waals surface area contributed by atoms with Crippen LogP contribution in [0.2, 0.25) is 0 Å². The van der Waals surface area contributed by atoms with E-state index in [-0.39, 0.29) is 12.1 Å². The van der Waals surface area contributed by atoms with Gasteiger partial charge in [0.05, 0.1) is 6.00 Å². The van der Waals surface area contributed by atoms with Crippen molar-refractivity contribution < 1.29 is 9.47 Å². The lowest BCUT2D eigenvalue weighted by Gasteiger charge is -1.94. The highest BCUT2D eigenvalue weighted by atomic mass is 16.7. The van der Waals surface area contributed by atoms with Gasteiger partial charge < -0.3 is 9.47 Å². The van der Waals surface area contributed by atoms with Gasteiger partial charge in [0, 0.05) is 7.05 Å². The van der Waals surface area contributed by atoms with Crippen molar-refractivity contribution in [3.05, 3.63) is 0 Å². The first kappa shape index (κ1) is 5.47. The predicted molar refractivity (Wildman–Crippen MR) is 29.9 cm³/mol. The first-order valence-corrected chi connectivity index (χ1v) is 2.35. The van der Waals surface area contributed by atoms with Gasteiger partial charge in [-0.15, -0.1) is 0 Å². The monoisotopic (exact) mass is 111 g/mol. The van der Waals surface area contributed by atoms with Crippen molar-refractivity contribution in [1.82, 2.24) is 0 Å². The van der Waals surface area contributed by atoms with Crippen molar-refractivity contribution >= 4 is 13.9 Å². The summed E-state index contributed by atoms with van der Waals surface area (Å²) in [5.41, 5.74) is 0. The Morgan fingerprint density at radius 2 is 2.62 bits per heavy atom. The number of aliphatic imine (C=N–C) groups is 1. The van der Waals surface area contributed by atoms with E-state index in [1.807, 2.05) is 0 Å². The maximum Gasteiger partial charge on any atom is 0.382 e. The molecule has 0 spiro atoms. The molecular weight excluding hydrogens is 105 g/mol. The molecule has 42 valence electrons. The van der Waals surface area contributed by atoms with Crippen LogP contribution >= 0.6 is 0 Å². The van der Waals surface area contributed by atoms with Crippen molar-refractivity contribution in [3.63, 3.8) is 0 Å².